The van der Waals surface area contributed by atoms with Crippen LogP contribution < -0.4 is 11.1 Å². The highest BCUT2D eigenvalue weighted by Crippen LogP contribution is 2.42. The molecule has 2 aliphatic rings. The van der Waals surface area contributed by atoms with Crippen LogP contribution in [0, 0.1) is 11.8 Å². The summed E-state index contributed by atoms with van der Waals surface area (Å²) in [6, 6.07) is 30.8. The largest absolute Gasteiger partial charge is 0.341 e. The number of nitrogens with two attached hydrogens (primary N) is 1. The Bertz CT molecular complexity index is 1180. The monoisotopic (exact) mass is 579 g/mol. The first kappa shape index (κ1) is 31.2. The van der Waals surface area contributed by atoms with Crippen LogP contribution in [0.3, 0.4) is 0 Å². The Morgan fingerprint density at radius 3 is 1.88 bits per heavy atom. The molecule has 0 radical (unpaired) electrons. The highest BCUT2D eigenvalue weighted by Gasteiger charge is 2.38. The Labute approximate surface area is 258 Å². The van der Waals surface area contributed by atoms with Crippen molar-refractivity contribution in [3.8, 4) is 0 Å². The molecule has 1 heterocycles. The standard InChI is InChI=1S/C38H49N3O2/c39-36(24-11-10-23-35(42)26-31-16-13-25-41(29-31)28-30-14-12-15-30)40-37(43)27-38(32-17-4-1-5-18-32,33-19-6-2-7-20-33)34-21-8-3-9-22-34/h1-9,17-22,30-31,36H,10-16,23-29,39H2,(H,40,43). The van der Waals surface area contributed by atoms with Crippen LogP contribution in [0.2, 0.25) is 0 Å². The van der Waals surface area contributed by atoms with Crippen molar-refractivity contribution in [1.29, 1.82) is 0 Å². The number of nitrogens with one attached hydrogen (secondary N) is 1. The van der Waals surface area contributed by atoms with Crippen LogP contribution in [0.25, 0.3) is 0 Å². The van der Waals surface area contributed by atoms with Gasteiger partial charge >= 0.3 is 0 Å². The molecule has 3 N–H and O–H groups in total. The number of nitrogens with zero attached hydrogens (tertiary/aromatic N) is 1. The molecule has 1 saturated heterocycles. The smallest absolute Gasteiger partial charge is 0.222 e. The molecular weight excluding hydrogens is 530 g/mol. The van der Waals surface area contributed by atoms with Crippen molar-refractivity contribution in [2.45, 2.75) is 82.2 Å². The van der Waals surface area contributed by atoms with Crippen LogP contribution in [0.4, 0.5) is 0 Å². The summed E-state index contributed by atoms with van der Waals surface area (Å²) in [6.45, 7) is 3.53. The van der Waals surface area contributed by atoms with Gasteiger partial charge in [0.05, 0.1) is 11.6 Å². The molecule has 1 aliphatic carbocycles. The first-order valence-corrected chi connectivity index (χ1v) is 16.5. The maximum atomic E-state index is 13.6. The van der Waals surface area contributed by atoms with E-state index in [1.54, 1.807) is 0 Å². The summed E-state index contributed by atoms with van der Waals surface area (Å²) in [6.07, 6.45) is 10.00. The van der Waals surface area contributed by atoms with Gasteiger partial charge in [-0.25, -0.2) is 0 Å². The predicted octanol–water partition coefficient (Wildman–Crippen LogP) is 6.84. The van der Waals surface area contributed by atoms with Gasteiger partial charge in [0.1, 0.15) is 5.78 Å². The first-order chi connectivity index (χ1) is 21.0. The molecule has 0 bridgehead atoms. The number of hydrogen-bond acceptors (Lipinski definition) is 4. The molecule has 2 unspecified atom stereocenters. The second-order valence-electron chi connectivity index (χ2n) is 12.9. The molecular formula is C38H49N3O2. The third-order valence-corrected chi connectivity index (χ3v) is 9.65. The summed E-state index contributed by atoms with van der Waals surface area (Å²) in [7, 11) is 0. The first-order valence-electron chi connectivity index (χ1n) is 16.5. The maximum absolute atomic E-state index is 13.6. The third kappa shape index (κ3) is 8.43. The van der Waals surface area contributed by atoms with Crippen molar-refractivity contribution in [3.63, 3.8) is 0 Å². The fraction of sp³-hybridized carbons (Fsp3) is 0.474. The summed E-state index contributed by atoms with van der Waals surface area (Å²) in [5.74, 6) is 1.71. The molecule has 1 amide bonds. The van der Waals surface area contributed by atoms with Gasteiger partial charge in [-0.1, -0.05) is 97.4 Å². The number of unbranched alkanes of at least 4 members (excludes halogenated alkanes) is 1. The summed E-state index contributed by atoms with van der Waals surface area (Å²) in [5, 5.41) is 3.08. The zero-order valence-corrected chi connectivity index (χ0v) is 25.6. The lowest BCUT2D eigenvalue weighted by Gasteiger charge is -2.37. The van der Waals surface area contributed by atoms with Crippen molar-refractivity contribution >= 4 is 11.7 Å². The summed E-state index contributed by atoms with van der Waals surface area (Å²) in [5.41, 5.74) is 8.98. The van der Waals surface area contributed by atoms with Crippen molar-refractivity contribution in [2.24, 2.45) is 17.6 Å². The molecule has 1 saturated carbocycles. The molecule has 5 nitrogen and oxygen atoms in total. The average molecular weight is 580 g/mol. The van der Waals surface area contributed by atoms with E-state index in [2.05, 4.69) is 46.6 Å². The van der Waals surface area contributed by atoms with Crippen molar-refractivity contribution in [3.05, 3.63) is 108 Å². The second-order valence-corrected chi connectivity index (χ2v) is 12.9. The number of carbonyl (C=O) groups excluding carboxylic acids is 2. The molecule has 3 aromatic rings. The lowest BCUT2D eigenvalue weighted by molar-refractivity contribution is -0.123. The minimum Gasteiger partial charge on any atom is -0.341 e. The van der Waals surface area contributed by atoms with E-state index < -0.39 is 11.6 Å². The Morgan fingerprint density at radius 1 is 0.791 bits per heavy atom. The predicted molar refractivity (Wildman–Crippen MR) is 175 cm³/mol. The molecule has 0 aromatic heterocycles. The topological polar surface area (TPSA) is 75.4 Å². The second kappa shape index (κ2) is 15.4. The van der Waals surface area contributed by atoms with Gasteiger partial charge < -0.3 is 16.0 Å². The van der Waals surface area contributed by atoms with Crippen molar-refractivity contribution in [1.82, 2.24) is 10.2 Å². The molecule has 0 spiro atoms. The molecule has 2 fully saturated rings. The minimum absolute atomic E-state index is 0.0797. The highest BCUT2D eigenvalue weighted by molar-refractivity contribution is 5.80. The number of carbonyl (C=O) groups is 2. The van der Waals surface area contributed by atoms with Crippen LogP contribution in [0.1, 0.15) is 87.3 Å². The van der Waals surface area contributed by atoms with Gasteiger partial charge in [-0.3, -0.25) is 9.59 Å². The van der Waals surface area contributed by atoms with E-state index in [-0.39, 0.29) is 12.3 Å². The van der Waals surface area contributed by atoms with Crippen LogP contribution in [0.5, 0.6) is 0 Å². The number of hydrogen-bond donors (Lipinski definition) is 2. The number of piperidine rings is 1. The zero-order chi connectivity index (χ0) is 29.9. The molecule has 43 heavy (non-hydrogen) atoms. The summed E-state index contributed by atoms with van der Waals surface area (Å²) >= 11 is 0. The zero-order valence-electron chi connectivity index (χ0n) is 25.6. The van der Waals surface area contributed by atoms with Crippen LogP contribution in [0.15, 0.2) is 91.0 Å². The van der Waals surface area contributed by atoms with Crippen LogP contribution >= 0.6 is 0 Å². The van der Waals surface area contributed by atoms with Gasteiger partial charge in [-0.05, 0) is 80.0 Å². The average Bonchev–Trinajstić information content (AvgIpc) is 3.01. The number of ketones is 1. The molecule has 5 heteroatoms. The van der Waals surface area contributed by atoms with Gasteiger partial charge in [-0.15, -0.1) is 0 Å². The number of rotatable bonds is 15. The summed E-state index contributed by atoms with van der Waals surface area (Å²) in [4.78, 5) is 29.0. The van der Waals surface area contributed by atoms with Gasteiger partial charge in [0.15, 0.2) is 0 Å². The van der Waals surface area contributed by atoms with E-state index >= 15 is 0 Å². The fourth-order valence-electron chi connectivity index (χ4n) is 7.18. The number of Topliss-reactive ketones (excluding diaryl/α,β-unsaturated/α-hetero) is 1. The van der Waals surface area contributed by atoms with E-state index in [9.17, 15) is 9.59 Å². The fourth-order valence-corrected chi connectivity index (χ4v) is 7.18. The molecule has 228 valence electrons. The van der Waals surface area contributed by atoms with Crippen LogP contribution in [-0.2, 0) is 15.0 Å². The van der Waals surface area contributed by atoms with Gasteiger partial charge in [0.2, 0.25) is 5.91 Å². The van der Waals surface area contributed by atoms with Gasteiger partial charge in [-0.2, -0.15) is 0 Å². The number of benzene rings is 3. The third-order valence-electron chi connectivity index (χ3n) is 9.65. The van der Waals surface area contributed by atoms with Gasteiger partial charge in [0.25, 0.3) is 0 Å². The van der Waals surface area contributed by atoms with E-state index in [4.69, 9.17) is 5.73 Å². The number of amides is 1. The molecule has 1 aliphatic heterocycles. The Kier molecular flexibility index (Phi) is 11.2. The van der Waals surface area contributed by atoms with Crippen LogP contribution in [-0.4, -0.2) is 42.4 Å². The lowest BCUT2D eigenvalue weighted by atomic mass is 9.67. The van der Waals surface area contributed by atoms with E-state index in [0.29, 0.717) is 31.0 Å². The maximum Gasteiger partial charge on any atom is 0.222 e. The number of likely N-dealkylation sites (tertiary alicyclic amines) is 1. The normalized spacial score (nSPS) is 18.5. The summed E-state index contributed by atoms with van der Waals surface area (Å²) < 4.78 is 0. The highest BCUT2D eigenvalue weighted by atomic mass is 16.1. The van der Waals surface area contributed by atoms with Crippen molar-refractivity contribution in [2.75, 3.05) is 19.6 Å². The lowest BCUT2D eigenvalue weighted by Crippen LogP contribution is -2.45. The molecule has 2 atom stereocenters. The Hall–Kier alpha value is -3.28. The van der Waals surface area contributed by atoms with E-state index in [1.807, 2.05) is 54.6 Å². The quantitative estimate of drug-likeness (QED) is 0.117. The van der Waals surface area contributed by atoms with Gasteiger partial charge in [0, 0.05) is 32.4 Å². The SMILES string of the molecule is NC(CCCCC(=O)CC1CCCN(CC2CCC2)C1)NC(=O)CC(c1ccccc1)(c1ccccc1)c1ccccc1. The molecule has 3 aromatic carbocycles. The van der Waals surface area contributed by atoms with E-state index in [0.717, 1.165) is 42.0 Å². The minimum atomic E-state index is -0.646. The van der Waals surface area contributed by atoms with E-state index in [1.165, 1.54) is 45.2 Å². The Balaban J connectivity index is 1.12. The Morgan fingerprint density at radius 2 is 1.35 bits per heavy atom. The molecule has 5 rings (SSSR count). The van der Waals surface area contributed by atoms with Crippen molar-refractivity contribution < 1.29 is 9.59 Å².